The van der Waals surface area contributed by atoms with E-state index in [0.717, 1.165) is 11.1 Å². The maximum atomic E-state index is 9.03. The van der Waals surface area contributed by atoms with Crippen LogP contribution in [0.3, 0.4) is 0 Å². The minimum Gasteiger partial charge on any atom is -0.390 e. The molecule has 2 aromatic rings. The van der Waals surface area contributed by atoms with E-state index in [-0.39, 0.29) is 6.61 Å². The molecule has 1 aromatic carbocycles. The SMILES string of the molecule is OCc1cc(-c2cc(Cl)c(Cl)c(Cl)c2)ccn1. The Labute approximate surface area is 114 Å². The molecule has 0 unspecified atom stereocenters. The molecular formula is C12H8Cl3NO. The van der Waals surface area contributed by atoms with Gasteiger partial charge in [-0.25, -0.2) is 0 Å². The average Bonchev–Trinajstić information content (AvgIpc) is 2.35. The molecule has 2 nitrogen and oxygen atoms in total. The fourth-order valence-corrected chi connectivity index (χ4v) is 2.06. The molecule has 0 aliphatic heterocycles. The van der Waals surface area contributed by atoms with Crippen molar-refractivity contribution in [3.63, 3.8) is 0 Å². The Bertz CT molecular complexity index is 534. The van der Waals surface area contributed by atoms with Crippen molar-refractivity contribution in [2.24, 2.45) is 0 Å². The molecule has 0 atom stereocenters. The second-order valence-electron chi connectivity index (χ2n) is 3.45. The van der Waals surface area contributed by atoms with Crippen molar-refractivity contribution in [3.8, 4) is 11.1 Å². The number of aromatic nitrogens is 1. The van der Waals surface area contributed by atoms with Crippen molar-refractivity contribution in [3.05, 3.63) is 51.2 Å². The van der Waals surface area contributed by atoms with Crippen molar-refractivity contribution in [1.29, 1.82) is 0 Å². The topological polar surface area (TPSA) is 33.1 Å². The van der Waals surface area contributed by atoms with Gasteiger partial charge in [0.05, 0.1) is 27.4 Å². The lowest BCUT2D eigenvalue weighted by Gasteiger charge is -2.06. The minimum absolute atomic E-state index is 0.108. The number of hydrogen-bond acceptors (Lipinski definition) is 2. The smallest absolute Gasteiger partial charge is 0.0853 e. The van der Waals surface area contributed by atoms with Gasteiger partial charge in [0.25, 0.3) is 0 Å². The maximum Gasteiger partial charge on any atom is 0.0853 e. The number of pyridine rings is 1. The predicted molar refractivity (Wildman–Crippen MR) is 70.6 cm³/mol. The summed E-state index contributed by atoms with van der Waals surface area (Å²) >= 11 is 17.8. The van der Waals surface area contributed by atoms with Gasteiger partial charge in [0.15, 0.2) is 0 Å². The van der Waals surface area contributed by atoms with Gasteiger partial charge >= 0.3 is 0 Å². The largest absolute Gasteiger partial charge is 0.390 e. The molecule has 1 heterocycles. The first-order chi connectivity index (χ1) is 8.11. The van der Waals surface area contributed by atoms with Gasteiger partial charge in [0.2, 0.25) is 0 Å². The first-order valence-electron chi connectivity index (χ1n) is 4.82. The van der Waals surface area contributed by atoms with E-state index in [1.807, 2.05) is 6.07 Å². The lowest BCUT2D eigenvalue weighted by Crippen LogP contribution is -1.89. The van der Waals surface area contributed by atoms with E-state index in [2.05, 4.69) is 4.98 Å². The molecular weight excluding hydrogens is 280 g/mol. The minimum atomic E-state index is -0.108. The molecule has 1 N–H and O–H groups in total. The van der Waals surface area contributed by atoms with E-state index < -0.39 is 0 Å². The van der Waals surface area contributed by atoms with Crippen LogP contribution in [-0.4, -0.2) is 10.1 Å². The van der Waals surface area contributed by atoms with Crippen LogP contribution in [0, 0.1) is 0 Å². The standard InChI is InChI=1S/C12H8Cl3NO/c13-10-4-8(5-11(14)12(10)15)7-1-2-16-9(3-7)6-17/h1-5,17H,6H2. The first kappa shape index (κ1) is 12.7. The molecule has 0 saturated carbocycles. The van der Waals surface area contributed by atoms with Crippen LogP contribution in [0.4, 0.5) is 0 Å². The number of rotatable bonds is 2. The molecule has 0 fully saturated rings. The average molecular weight is 289 g/mol. The Morgan fingerprint density at radius 3 is 2.24 bits per heavy atom. The summed E-state index contributed by atoms with van der Waals surface area (Å²) in [5.41, 5.74) is 2.30. The molecule has 17 heavy (non-hydrogen) atoms. The van der Waals surface area contributed by atoms with E-state index in [0.29, 0.717) is 20.8 Å². The molecule has 0 saturated heterocycles. The summed E-state index contributed by atoms with van der Waals surface area (Å²) in [6, 6.07) is 7.05. The highest BCUT2D eigenvalue weighted by Crippen LogP contribution is 2.35. The van der Waals surface area contributed by atoms with Crippen LogP contribution in [-0.2, 0) is 6.61 Å². The third kappa shape index (κ3) is 2.72. The van der Waals surface area contributed by atoms with Gasteiger partial charge in [0, 0.05) is 6.20 Å². The molecule has 88 valence electrons. The molecule has 0 bridgehead atoms. The summed E-state index contributed by atoms with van der Waals surface area (Å²) in [6.45, 7) is -0.108. The number of aliphatic hydroxyl groups excluding tert-OH is 1. The summed E-state index contributed by atoms with van der Waals surface area (Å²) in [4.78, 5) is 4.00. The fraction of sp³-hybridized carbons (Fsp3) is 0.0833. The highest BCUT2D eigenvalue weighted by atomic mass is 35.5. The van der Waals surface area contributed by atoms with E-state index in [9.17, 15) is 0 Å². The molecule has 0 amide bonds. The third-order valence-electron chi connectivity index (χ3n) is 2.30. The van der Waals surface area contributed by atoms with Gasteiger partial charge in [-0.3, -0.25) is 4.98 Å². The number of nitrogens with zero attached hydrogens (tertiary/aromatic N) is 1. The van der Waals surface area contributed by atoms with Crippen molar-refractivity contribution in [1.82, 2.24) is 4.98 Å². The molecule has 0 spiro atoms. The first-order valence-corrected chi connectivity index (χ1v) is 5.96. The Kier molecular flexibility index (Phi) is 3.89. The lowest BCUT2D eigenvalue weighted by atomic mass is 10.1. The van der Waals surface area contributed by atoms with E-state index in [4.69, 9.17) is 39.9 Å². The monoisotopic (exact) mass is 287 g/mol. The summed E-state index contributed by atoms with van der Waals surface area (Å²) in [5, 5.41) is 10.2. The summed E-state index contributed by atoms with van der Waals surface area (Å²) < 4.78 is 0. The number of halogens is 3. The van der Waals surface area contributed by atoms with E-state index in [1.54, 1.807) is 24.4 Å². The second-order valence-corrected chi connectivity index (χ2v) is 4.64. The van der Waals surface area contributed by atoms with Crippen LogP contribution < -0.4 is 0 Å². The van der Waals surface area contributed by atoms with Gasteiger partial charge < -0.3 is 5.11 Å². The highest BCUT2D eigenvalue weighted by molar-refractivity contribution is 6.48. The molecule has 1 aromatic heterocycles. The molecule has 0 aliphatic carbocycles. The van der Waals surface area contributed by atoms with Crippen LogP contribution in [0.25, 0.3) is 11.1 Å². The second kappa shape index (κ2) is 5.23. The maximum absolute atomic E-state index is 9.03. The molecule has 0 radical (unpaired) electrons. The fourth-order valence-electron chi connectivity index (χ4n) is 1.47. The van der Waals surface area contributed by atoms with Crippen molar-refractivity contribution >= 4 is 34.8 Å². The third-order valence-corrected chi connectivity index (χ3v) is 3.49. The van der Waals surface area contributed by atoms with Gasteiger partial charge in [-0.05, 0) is 35.4 Å². The molecule has 5 heteroatoms. The summed E-state index contributed by atoms with van der Waals surface area (Å²) in [6.07, 6.45) is 1.62. The van der Waals surface area contributed by atoms with Crippen LogP contribution in [0.15, 0.2) is 30.5 Å². The normalized spacial score (nSPS) is 10.6. The van der Waals surface area contributed by atoms with Gasteiger partial charge in [0.1, 0.15) is 0 Å². The van der Waals surface area contributed by atoms with Gasteiger partial charge in [-0.15, -0.1) is 0 Å². The summed E-state index contributed by atoms with van der Waals surface area (Å²) in [5.74, 6) is 0. The summed E-state index contributed by atoms with van der Waals surface area (Å²) in [7, 11) is 0. The van der Waals surface area contributed by atoms with Crippen LogP contribution in [0.1, 0.15) is 5.69 Å². The highest BCUT2D eigenvalue weighted by Gasteiger charge is 2.08. The Morgan fingerprint density at radius 2 is 1.65 bits per heavy atom. The van der Waals surface area contributed by atoms with E-state index >= 15 is 0 Å². The number of benzene rings is 1. The van der Waals surface area contributed by atoms with Crippen LogP contribution in [0.2, 0.25) is 15.1 Å². The van der Waals surface area contributed by atoms with Crippen molar-refractivity contribution in [2.45, 2.75) is 6.61 Å². The Balaban J connectivity index is 2.52. The Hall–Kier alpha value is -0.800. The van der Waals surface area contributed by atoms with Crippen molar-refractivity contribution < 1.29 is 5.11 Å². The molecule has 0 aliphatic rings. The van der Waals surface area contributed by atoms with E-state index in [1.165, 1.54) is 0 Å². The predicted octanol–water partition coefficient (Wildman–Crippen LogP) is 4.20. The van der Waals surface area contributed by atoms with Gasteiger partial charge in [-0.2, -0.15) is 0 Å². The zero-order chi connectivity index (χ0) is 12.4. The molecule has 2 rings (SSSR count). The quantitative estimate of drug-likeness (QED) is 0.840. The zero-order valence-corrected chi connectivity index (χ0v) is 10.9. The Morgan fingerprint density at radius 1 is 1.00 bits per heavy atom. The number of hydrogen-bond donors (Lipinski definition) is 1. The van der Waals surface area contributed by atoms with Gasteiger partial charge in [-0.1, -0.05) is 34.8 Å². The van der Waals surface area contributed by atoms with Crippen molar-refractivity contribution in [2.75, 3.05) is 0 Å². The lowest BCUT2D eigenvalue weighted by molar-refractivity contribution is 0.277. The zero-order valence-electron chi connectivity index (χ0n) is 8.62. The number of aliphatic hydroxyl groups is 1. The van der Waals surface area contributed by atoms with Crippen LogP contribution in [0.5, 0.6) is 0 Å². The van der Waals surface area contributed by atoms with Crippen LogP contribution >= 0.6 is 34.8 Å².